The van der Waals surface area contributed by atoms with Gasteiger partial charge in [0.05, 0.1) is 23.0 Å². The Labute approximate surface area is 193 Å². The molecule has 0 bridgehead atoms. The van der Waals surface area contributed by atoms with E-state index in [-0.39, 0.29) is 17.9 Å². The number of nitrogens with zero attached hydrogens (tertiary/aromatic N) is 4. The number of anilines is 2. The highest BCUT2D eigenvalue weighted by Crippen LogP contribution is 2.27. The van der Waals surface area contributed by atoms with Crippen LogP contribution in [0.3, 0.4) is 0 Å². The second-order valence-corrected chi connectivity index (χ2v) is 8.89. The molecule has 0 aliphatic heterocycles. The second kappa shape index (κ2) is 9.57. The highest BCUT2D eigenvalue weighted by Gasteiger charge is 2.22. The minimum atomic E-state index is -0.456. The van der Waals surface area contributed by atoms with Crippen LogP contribution in [-0.4, -0.2) is 40.2 Å². The van der Waals surface area contributed by atoms with Gasteiger partial charge in [-0.3, -0.25) is 4.79 Å². The van der Waals surface area contributed by atoms with Gasteiger partial charge in [-0.1, -0.05) is 45.0 Å². The lowest BCUT2D eigenvalue weighted by molar-refractivity contribution is -0.116. The number of hydrogen-bond donors (Lipinski definition) is 2. The van der Waals surface area contributed by atoms with Crippen molar-refractivity contribution >= 4 is 23.4 Å². The zero-order valence-corrected chi connectivity index (χ0v) is 19.5. The molecule has 3 rings (SSSR count). The first-order valence-electron chi connectivity index (χ1n) is 10.6. The van der Waals surface area contributed by atoms with Crippen molar-refractivity contribution in [3.63, 3.8) is 0 Å². The topological polar surface area (TPSA) is 103 Å². The summed E-state index contributed by atoms with van der Waals surface area (Å²) < 4.78 is 1.72. The van der Waals surface area contributed by atoms with Gasteiger partial charge in [0.2, 0.25) is 5.91 Å². The van der Waals surface area contributed by atoms with Gasteiger partial charge in [-0.15, -0.1) is 0 Å². The van der Waals surface area contributed by atoms with E-state index in [1.165, 1.54) is 11.9 Å². The molecule has 0 radical (unpaired) electrons. The van der Waals surface area contributed by atoms with E-state index >= 15 is 0 Å². The minimum absolute atomic E-state index is 0.159. The third kappa shape index (κ3) is 5.77. The molecule has 2 N–H and O–H groups in total. The van der Waals surface area contributed by atoms with Crippen LogP contribution in [0, 0.1) is 18.3 Å². The summed E-state index contributed by atoms with van der Waals surface area (Å²) >= 11 is 0. The van der Waals surface area contributed by atoms with Gasteiger partial charge in [0.25, 0.3) is 0 Å². The Bertz CT molecular complexity index is 1220. The maximum absolute atomic E-state index is 12.8. The van der Waals surface area contributed by atoms with Gasteiger partial charge in [-0.25, -0.2) is 9.48 Å². The van der Waals surface area contributed by atoms with Gasteiger partial charge >= 0.3 is 6.03 Å². The van der Waals surface area contributed by atoms with E-state index in [2.05, 4.69) is 31.4 Å². The van der Waals surface area contributed by atoms with Crippen molar-refractivity contribution in [1.82, 2.24) is 14.7 Å². The third-order valence-corrected chi connectivity index (χ3v) is 5.06. The van der Waals surface area contributed by atoms with Gasteiger partial charge in [0, 0.05) is 24.2 Å². The van der Waals surface area contributed by atoms with Gasteiger partial charge in [0.1, 0.15) is 12.4 Å². The Hall–Kier alpha value is -4.12. The number of nitrogens with one attached hydrogen (secondary N) is 2. The summed E-state index contributed by atoms with van der Waals surface area (Å²) in [6, 6.07) is 17.8. The molecule has 33 heavy (non-hydrogen) atoms. The van der Waals surface area contributed by atoms with Crippen molar-refractivity contribution in [3.05, 3.63) is 71.4 Å². The lowest BCUT2D eigenvalue weighted by Crippen LogP contribution is -2.37. The van der Waals surface area contributed by atoms with E-state index in [9.17, 15) is 9.59 Å². The Kier molecular flexibility index (Phi) is 6.83. The first-order valence-corrected chi connectivity index (χ1v) is 10.6. The van der Waals surface area contributed by atoms with E-state index < -0.39 is 6.03 Å². The molecule has 0 spiro atoms. The molecule has 0 atom stereocenters. The van der Waals surface area contributed by atoms with Gasteiger partial charge in [-0.05, 0) is 36.8 Å². The van der Waals surface area contributed by atoms with Crippen LogP contribution in [0.5, 0.6) is 0 Å². The second-order valence-electron chi connectivity index (χ2n) is 8.89. The molecule has 3 amide bonds. The number of rotatable bonds is 5. The molecular weight excluding hydrogens is 416 g/mol. The van der Waals surface area contributed by atoms with Crippen molar-refractivity contribution < 1.29 is 9.59 Å². The van der Waals surface area contributed by atoms with Crippen LogP contribution >= 0.6 is 0 Å². The van der Waals surface area contributed by atoms with Crippen molar-refractivity contribution in [2.75, 3.05) is 24.2 Å². The molecule has 170 valence electrons. The summed E-state index contributed by atoms with van der Waals surface area (Å²) in [5.74, 6) is 0.184. The van der Waals surface area contributed by atoms with E-state index in [1.54, 1.807) is 28.9 Å². The maximum atomic E-state index is 12.8. The van der Waals surface area contributed by atoms with Crippen LogP contribution in [0.4, 0.5) is 16.3 Å². The molecule has 1 aromatic heterocycles. The largest absolute Gasteiger partial charge is 0.322 e. The standard InChI is InChI=1S/C25H28N6O2/c1-17-9-6-7-12-20(17)31-22(14-21(29-31)25(2,3)4)28-23(32)16-30(5)24(33)27-19-11-8-10-18(13-19)15-26/h6-14H,16H2,1-5H3,(H,27,33)(H,28,32). The number of aryl methyl sites for hydroxylation is 1. The van der Waals surface area contributed by atoms with Crippen LogP contribution in [-0.2, 0) is 10.2 Å². The number of amides is 3. The molecule has 0 unspecified atom stereocenters. The summed E-state index contributed by atoms with van der Waals surface area (Å²) in [4.78, 5) is 26.6. The predicted octanol–water partition coefficient (Wildman–Crippen LogP) is 4.45. The monoisotopic (exact) mass is 444 g/mol. The first-order chi connectivity index (χ1) is 15.6. The normalized spacial score (nSPS) is 10.9. The summed E-state index contributed by atoms with van der Waals surface area (Å²) in [6.07, 6.45) is 0. The number of para-hydroxylation sites is 1. The Balaban J connectivity index is 1.75. The van der Waals surface area contributed by atoms with Crippen molar-refractivity contribution in [2.45, 2.75) is 33.1 Å². The molecule has 0 saturated carbocycles. The maximum Gasteiger partial charge on any atom is 0.322 e. The van der Waals surface area contributed by atoms with Gasteiger partial charge in [-0.2, -0.15) is 10.4 Å². The fourth-order valence-corrected chi connectivity index (χ4v) is 3.18. The average Bonchev–Trinajstić information content (AvgIpc) is 3.18. The fraction of sp³-hybridized carbons (Fsp3) is 0.280. The highest BCUT2D eigenvalue weighted by atomic mass is 16.2. The smallest absolute Gasteiger partial charge is 0.318 e. The Morgan fingerprint density at radius 2 is 1.82 bits per heavy atom. The number of urea groups is 1. The fourth-order valence-electron chi connectivity index (χ4n) is 3.18. The lowest BCUT2D eigenvalue weighted by atomic mass is 9.92. The minimum Gasteiger partial charge on any atom is -0.318 e. The zero-order valence-electron chi connectivity index (χ0n) is 19.5. The van der Waals surface area contributed by atoms with E-state index in [0.717, 1.165) is 16.9 Å². The quantitative estimate of drug-likeness (QED) is 0.607. The number of aromatic nitrogens is 2. The summed E-state index contributed by atoms with van der Waals surface area (Å²) in [5.41, 5.74) is 3.44. The number of carbonyl (C=O) groups is 2. The van der Waals surface area contributed by atoms with Gasteiger partial charge in [0.15, 0.2) is 0 Å². The van der Waals surface area contributed by atoms with E-state index in [4.69, 9.17) is 10.4 Å². The molecule has 0 fully saturated rings. The summed E-state index contributed by atoms with van der Waals surface area (Å²) in [5, 5.41) is 19.3. The lowest BCUT2D eigenvalue weighted by Gasteiger charge is -2.18. The van der Waals surface area contributed by atoms with E-state index in [1.807, 2.05) is 43.3 Å². The Morgan fingerprint density at radius 1 is 1.09 bits per heavy atom. The van der Waals surface area contributed by atoms with Crippen molar-refractivity contribution in [1.29, 1.82) is 5.26 Å². The molecule has 2 aromatic carbocycles. The molecule has 0 saturated heterocycles. The number of carbonyl (C=O) groups excluding carboxylic acids is 2. The predicted molar refractivity (Wildman–Crippen MR) is 128 cm³/mol. The zero-order chi connectivity index (χ0) is 24.2. The molecule has 3 aromatic rings. The third-order valence-electron chi connectivity index (χ3n) is 5.06. The molecule has 1 heterocycles. The summed E-state index contributed by atoms with van der Waals surface area (Å²) in [7, 11) is 1.53. The van der Waals surface area contributed by atoms with Crippen molar-refractivity contribution in [2.24, 2.45) is 0 Å². The number of nitriles is 1. The Morgan fingerprint density at radius 3 is 2.48 bits per heavy atom. The number of hydrogen-bond acceptors (Lipinski definition) is 4. The van der Waals surface area contributed by atoms with Crippen LogP contribution in [0.25, 0.3) is 5.69 Å². The summed E-state index contributed by atoms with van der Waals surface area (Å²) in [6.45, 7) is 8.00. The van der Waals surface area contributed by atoms with E-state index in [0.29, 0.717) is 17.1 Å². The molecule has 0 aliphatic rings. The van der Waals surface area contributed by atoms with Crippen molar-refractivity contribution in [3.8, 4) is 11.8 Å². The molecular formula is C25H28N6O2. The van der Waals surface area contributed by atoms with Crippen LogP contribution < -0.4 is 10.6 Å². The number of benzene rings is 2. The SMILES string of the molecule is Cc1ccccc1-n1nc(C(C)(C)C)cc1NC(=O)CN(C)C(=O)Nc1cccc(C#N)c1. The highest BCUT2D eigenvalue weighted by molar-refractivity contribution is 5.96. The molecule has 0 aliphatic carbocycles. The van der Waals surface area contributed by atoms with Gasteiger partial charge < -0.3 is 15.5 Å². The average molecular weight is 445 g/mol. The molecule has 8 heteroatoms. The number of likely N-dealkylation sites (N-methyl/N-ethyl adjacent to an activating group) is 1. The first kappa shape index (κ1) is 23.5. The van der Waals surface area contributed by atoms with Crippen LogP contribution in [0.1, 0.15) is 37.6 Å². The van der Waals surface area contributed by atoms with Crippen LogP contribution in [0.2, 0.25) is 0 Å². The molecule has 8 nitrogen and oxygen atoms in total. The van der Waals surface area contributed by atoms with Crippen LogP contribution in [0.15, 0.2) is 54.6 Å².